The minimum atomic E-state index is -0.863. The summed E-state index contributed by atoms with van der Waals surface area (Å²) in [5.41, 5.74) is -0.510. The van der Waals surface area contributed by atoms with Crippen LogP contribution in [0.15, 0.2) is 18.2 Å². The number of rotatable bonds is 6. The lowest BCUT2D eigenvalue weighted by molar-refractivity contribution is -0.384. The van der Waals surface area contributed by atoms with Gasteiger partial charge in [-0.1, -0.05) is 19.3 Å². The summed E-state index contributed by atoms with van der Waals surface area (Å²) in [7, 11) is 1.56. The molecule has 160 valence electrons. The summed E-state index contributed by atoms with van der Waals surface area (Å²) in [4.78, 5) is 39.2. The number of ether oxygens (including phenoxy) is 1. The second-order valence-electron chi connectivity index (χ2n) is 7.89. The molecule has 0 N–H and O–H groups in total. The minimum absolute atomic E-state index is 0.0211. The van der Waals surface area contributed by atoms with E-state index in [4.69, 9.17) is 4.74 Å². The molecule has 1 saturated heterocycles. The molecule has 0 aromatic heterocycles. The number of nitro benzene ring substituents is 1. The van der Waals surface area contributed by atoms with Gasteiger partial charge in [-0.25, -0.2) is 4.79 Å². The van der Waals surface area contributed by atoms with E-state index in [1.165, 1.54) is 17.0 Å². The van der Waals surface area contributed by atoms with Gasteiger partial charge in [0.15, 0.2) is 6.61 Å². The second kappa shape index (κ2) is 9.11. The van der Waals surface area contributed by atoms with Crippen LogP contribution >= 0.6 is 0 Å². The zero-order chi connectivity index (χ0) is 21.7. The number of benzene rings is 1. The first kappa shape index (κ1) is 21.6. The van der Waals surface area contributed by atoms with Crippen LogP contribution in [-0.4, -0.2) is 54.0 Å². The average Bonchev–Trinajstić information content (AvgIpc) is 3.31. The van der Waals surface area contributed by atoms with Crippen LogP contribution < -0.4 is 4.90 Å². The van der Waals surface area contributed by atoms with E-state index < -0.39 is 28.9 Å². The molecule has 30 heavy (non-hydrogen) atoms. The van der Waals surface area contributed by atoms with Gasteiger partial charge in [-0.15, -0.1) is 0 Å². The molecule has 0 spiro atoms. The highest BCUT2D eigenvalue weighted by Gasteiger charge is 2.39. The van der Waals surface area contributed by atoms with E-state index in [1.807, 2.05) is 4.90 Å². The Bertz CT molecular complexity index is 867. The number of nitro groups is 1. The molecular weight excluding hydrogens is 388 g/mol. The van der Waals surface area contributed by atoms with Crippen LogP contribution in [0, 0.1) is 21.4 Å². The predicted octanol–water partition coefficient (Wildman–Crippen LogP) is 3.04. The summed E-state index contributed by atoms with van der Waals surface area (Å²) in [5.74, 6) is -1.27. The van der Waals surface area contributed by atoms with Gasteiger partial charge in [0, 0.05) is 26.2 Å². The first-order valence-corrected chi connectivity index (χ1v) is 10.3. The lowest BCUT2D eigenvalue weighted by Crippen LogP contribution is -2.51. The summed E-state index contributed by atoms with van der Waals surface area (Å²) in [5, 5.41) is 21.1. The summed E-state index contributed by atoms with van der Waals surface area (Å²) < 4.78 is 5.12. The first-order valence-electron chi connectivity index (χ1n) is 10.3. The molecule has 1 saturated carbocycles. The minimum Gasteiger partial charge on any atom is -0.452 e. The molecule has 0 bridgehead atoms. The van der Waals surface area contributed by atoms with Crippen molar-refractivity contribution in [1.82, 2.24) is 4.90 Å². The fourth-order valence-corrected chi connectivity index (χ4v) is 4.23. The lowest BCUT2D eigenvalue weighted by Gasteiger charge is -2.38. The molecule has 2 fully saturated rings. The fourth-order valence-electron chi connectivity index (χ4n) is 4.23. The van der Waals surface area contributed by atoms with Crippen LogP contribution in [-0.2, 0) is 9.53 Å². The van der Waals surface area contributed by atoms with Gasteiger partial charge in [0.25, 0.3) is 11.6 Å². The standard InChI is InChI=1S/C21H26N4O5/c1-23(21(15-22)9-3-2-4-10-21)19(26)14-30-20(27)16-7-8-17(18(13-16)25(28)29)24-11-5-6-12-24/h7-8,13H,2-6,9-12,14H2,1H3. The SMILES string of the molecule is CN(C(=O)COC(=O)c1ccc(N2CCCC2)c([N+](=O)[O-])c1)C1(C#N)CCCCC1. The van der Waals surface area contributed by atoms with Crippen LogP contribution in [0.4, 0.5) is 11.4 Å². The van der Waals surface area contributed by atoms with Gasteiger partial charge in [0.05, 0.1) is 16.6 Å². The topological polar surface area (TPSA) is 117 Å². The Labute approximate surface area is 175 Å². The molecule has 1 aliphatic heterocycles. The Morgan fingerprint density at radius 1 is 1.23 bits per heavy atom. The van der Waals surface area contributed by atoms with E-state index in [9.17, 15) is 25.0 Å². The van der Waals surface area contributed by atoms with Crippen molar-refractivity contribution in [3.63, 3.8) is 0 Å². The Morgan fingerprint density at radius 2 is 1.90 bits per heavy atom. The van der Waals surface area contributed by atoms with Crippen LogP contribution in [0.2, 0.25) is 0 Å². The smallest absolute Gasteiger partial charge is 0.338 e. The molecule has 1 heterocycles. The van der Waals surface area contributed by atoms with Gasteiger partial charge < -0.3 is 14.5 Å². The fraction of sp³-hybridized carbons (Fsp3) is 0.571. The molecule has 1 aliphatic carbocycles. The van der Waals surface area contributed by atoms with E-state index >= 15 is 0 Å². The van der Waals surface area contributed by atoms with E-state index in [-0.39, 0.29) is 11.3 Å². The average molecular weight is 414 g/mol. The van der Waals surface area contributed by atoms with Crippen LogP contribution in [0.25, 0.3) is 0 Å². The van der Waals surface area contributed by atoms with Crippen LogP contribution in [0.3, 0.4) is 0 Å². The van der Waals surface area contributed by atoms with E-state index in [0.29, 0.717) is 18.5 Å². The maximum Gasteiger partial charge on any atom is 0.338 e. The second-order valence-corrected chi connectivity index (χ2v) is 7.89. The molecule has 0 atom stereocenters. The summed E-state index contributed by atoms with van der Waals surface area (Å²) in [6, 6.07) is 6.49. The number of hydrogen-bond acceptors (Lipinski definition) is 7. The van der Waals surface area contributed by atoms with Crippen molar-refractivity contribution in [1.29, 1.82) is 5.26 Å². The van der Waals surface area contributed by atoms with Crippen molar-refractivity contribution in [3.8, 4) is 6.07 Å². The third kappa shape index (κ3) is 4.37. The van der Waals surface area contributed by atoms with Gasteiger partial charge >= 0.3 is 5.97 Å². The molecule has 9 heteroatoms. The largest absolute Gasteiger partial charge is 0.452 e. The molecule has 3 rings (SSSR count). The predicted molar refractivity (Wildman–Crippen MR) is 109 cm³/mol. The monoisotopic (exact) mass is 414 g/mol. The molecule has 2 aliphatic rings. The molecule has 1 aromatic rings. The van der Waals surface area contributed by atoms with Crippen molar-refractivity contribution in [3.05, 3.63) is 33.9 Å². The van der Waals surface area contributed by atoms with Gasteiger partial charge in [0.1, 0.15) is 11.2 Å². The maximum atomic E-state index is 12.5. The molecule has 0 unspecified atom stereocenters. The summed E-state index contributed by atoms with van der Waals surface area (Å²) >= 11 is 0. The first-order chi connectivity index (χ1) is 14.4. The quantitative estimate of drug-likeness (QED) is 0.399. The van der Waals surface area contributed by atoms with Crippen molar-refractivity contribution < 1.29 is 19.2 Å². The Kier molecular flexibility index (Phi) is 6.55. The van der Waals surface area contributed by atoms with Crippen LogP contribution in [0.5, 0.6) is 0 Å². The molecular formula is C21H26N4O5. The van der Waals surface area contributed by atoms with E-state index in [1.54, 1.807) is 13.1 Å². The van der Waals surface area contributed by atoms with E-state index in [0.717, 1.165) is 45.2 Å². The molecule has 1 aromatic carbocycles. The zero-order valence-corrected chi connectivity index (χ0v) is 17.1. The molecule has 1 amide bonds. The van der Waals surface area contributed by atoms with Gasteiger partial charge in [-0.3, -0.25) is 14.9 Å². The number of anilines is 1. The van der Waals surface area contributed by atoms with E-state index in [2.05, 4.69) is 6.07 Å². The number of hydrogen-bond donors (Lipinski definition) is 0. The molecule has 9 nitrogen and oxygen atoms in total. The highest BCUT2D eigenvalue weighted by molar-refractivity contribution is 5.93. The molecule has 0 radical (unpaired) electrons. The van der Waals surface area contributed by atoms with Crippen molar-refractivity contribution in [2.45, 2.75) is 50.5 Å². The number of nitrogens with zero attached hydrogens (tertiary/aromatic N) is 4. The normalized spacial score (nSPS) is 17.8. The highest BCUT2D eigenvalue weighted by atomic mass is 16.6. The Hall–Kier alpha value is -3.15. The van der Waals surface area contributed by atoms with Crippen molar-refractivity contribution >= 4 is 23.3 Å². The highest BCUT2D eigenvalue weighted by Crippen LogP contribution is 2.33. The number of nitriles is 1. The van der Waals surface area contributed by atoms with Crippen molar-refractivity contribution in [2.75, 3.05) is 31.6 Å². The number of carbonyl (C=O) groups is 2. The zero-order valence-electron chi connectivity index (χ0n) is 17.1. The third-order valence-electron chi connectivity index (χ3n) is 6.09. The van der Waals surface area contributed by atoms with Gasteiger partial charge in [-0.2, -0.15) is 5.26 Å². The van der Waals surface area contributed by atoms with Crippen molar-refractivity contribution in [2.24, 2.45) is 0 Å². The number of amides is 1. The third-order valence-corrected chi connectivity index (χ3v) is 6.09. The Morgan fingerprint density at radius 3 is 2.50 bits per heavy atom. The number of likely N-dealkylation sites (N-methyl/N-ethyl adjacent to an activating group) is 1. The van der Waals surface area contributed by atoms with Gasteiger partial charge in [-0.05, 0) is 37.8 Å². The maximum absolute atomic E-state index is 12.5. The van der Waals surface area contributed by atoms with Gasteiger partial charge in [0.2, 0.25) is 0 Å². The number of esters is 1. The Balaban J connectivity index is 1.67. The summed E-state index contributed by atoms with van der Waals surface area (Å²) in [6.07, 6.45) is 5.93. The summed E-state index contributed by atoms with van der Waals surface area (Å²) in [6.45, 7) is 0.971. The number of carbonyl (C=O) groups excluding carboxylic acids is 2. The van der Waals surface area contributed by atoms with Crippen LogP contribution in [0.1, 0.15) is 55.3 Å². The lowest BCUT2D eigenvalue weighted by atomic mass is 9.81.